The van der Waals surface area contributed by atoms with Gasteiger partial charge >= 0.3 is 0 Å². The molecule has 0 radical (unpaired) electrons. The fourth-order valence-electron chi connectivity index (χ4n) is 1.70. The van der Waals surface area contributed by atoms with Crippen LogP contribution in [0.5, 0.6) is 5.75 Å². The maximum Gasteiger partial charge on any atom is 0.174 e. The average Bonchev–Trinajstić information content (AvgIpc) is 2.45. The van der Waals surface area contributed by atoms with Crippen LogP contribution in [0.1, 0.15) is 5.56 Å². The zero-order valence-corrected chi connectivity index (χ0v) is 10.3. The van der Waals surface area contributed by atoms with Gasteiger partial charge in [-0.25, -0.2) is 4.39 Å². The van der Waals surface area contributed by atoms with Gasteiger partial charge in [0.25, 0.3) is 0 Å². The van der Waals surface area contributed by atoms with Crippen molar-refractivity contribution >= 4 is 5.69 Å². The molecule has 96 valence electrons. The molecule has 4 heteroatoms. The summed E-state index contributed by atoms with van der Waals surface area (Å²) in [6, 6.07) is 15.8. The molecule has 0 aliphatic rings. The Morgan fingerprint density at radius 2 is 1.84 bits per heavy atom. The molecule has 2 aromatic rings. The van der Waals surface area contributed by atoms with Crippen LogP contribution >= 0.6 is 0 Å². The number of nitrogens with zero attached hydrogens (tertiary/aromatic N) is 1. The topological polar surface area (TPSA) is 45.0 Å². The van der Waals surface area contributed by atoms with Crippen LogP contribution in [0.15, 0.2) is 48.5 Å². The smallest absolute Gasteiger partial charge is 0.174 e. The van der Waals surface area contributed by atoms with E-state index in [0.29, 0.717) is 18.0 Å². The molecular weight excluding hydrogens is 243 g/mol. The minimum Gasteiger partial charge on any atom is -0.478 e. The van der Waals surface area contributed by atoms with E-state index in [1.807, 2.05) is 24.3 Å². The predicted molar refractivity (Wildman–Crippen MR) is 71.3 cm³/mol. The van der Waals surface area contributed by atoms with Gasteiger partial charge in [-0.3, -0.25) is 0 Å². The third kappa shape index (κ3) is 3.46. The zero-order chi connectivity index (χ0) is 13.5. The van der Waals surface area contributed by atoms with Crippen molar-refractivity contribution < 1.29 is 9.13 Å². The van der Waals surface area contributed by atoms with Crippen molar-refractivity contribution in [1.29, 1.82) is 5.26 Å². The second-order valence-corrected chi connectivity index (χ2v) is 3.89. The quantitative estimate of drug-likeness (QED) is 0.892. The van der Waals surface area contributed by atoms with Crippen LogP contribution in [0, 0.1) is 17.1 Å². The van der Waals surface area contributed by atoms with E-state index in [1.165, 1.54) is 6.07 Å². The molecule has 0 unspecified atom stereocenters. The molecule has 0 saturated heterocycles. The van der Waals surface area contributed by atoms with Crippen LogP contribution in [0.4, 0.5) is 10.1 Å². The van der Waals surface area contributed by atoms with E-state index in [0.717, 1.165) is 5.56 Å². The molecule has 0 heterocycles. The van der Waals surface area contributed by atoms with Crippen molar-refractivity contribution in [1.82, 2.24) is 0 Å². The van der Waals surface area contributed by atoms with E-state index < -0.39 is 0 Å². The number of rotatable bonds is 5. The van der Waals surface area contributed by atoms with Crippen molar-refractivity contribution in [3.63, 3.8) is 0 Å². The summed E-state index contributed by atoms with van der Waals surface area (Å²) in [4.78, 5) is 0. The van der Waals surface area contributed by atoms with Crippen molar-refractivity contribution in [2.75, 3.05) is 11.9 Å². The van der Waals surface area contributed by atoms with Crippen molar-refractivity contribution in [2.24, 2.45) is 0 Å². The molecule has 0 fully saturated rings. The van der Waals surface area contributed by atoms with Crippen molar-refractivity contribution in [3.8, 4) is 11.8 Å². The second kappa shape index (κ2) is 6.41. The van der Waals surface area contributed by atoms with Gasteiger partial charge in [0.15, 0.2) is 6.61 Å². The van der Waals surface area contributed by atoms with E-state index in [1.54, 1.807) is 24.3 Å². The Morgan fingerprint density at radius 3 is 2.63 bits per heavy atom. The molecule has 2 rings (SSSR count). The first-order valence-corrected chi connectivity index (χ1v) is 5.87. The molecule has 2 aromatic carbocycles. The Labute approximate surface area is 111 Å². The number of hydrogen-bond donors (Lipinski definition) is 1. The maximum atomic E-state index is 13.5. The first-order valence-electron chi connectivity index (χ1n) is 5.87. The minimum atomic E-state index is -0.294. The highest BCUT2D eigenvalue weighted by Crippen LogP contribution is 2.20. The van der Waals surface area contributed by atoms with Gasteiger partial charge in [0.05, 0.1) is 5.69 Å². The summed E-state index contributed by atoms with van der Waals surface area (Å²) in [5.41, 5.74) is 1.32. The van der Waals surface area contributed by atoms with Gasteiger partial charge in [-0.05, 0) is 18.2 Å². The lowest BCUT2D eigenvalue weighted by Gasteiger charge is -2.11. The SMILES string of the molecule is N#CCOc1ccccc1CNc1ccccc1F. The number of ether oxygens (including phenoxy) is 1. The minimum absolute atomic E-state index is 0.00326. The largest absolute Gasteiger partial charge is 0.478 e. The van der Waals surface area contributed by atoms with Crippen LogP contribution in [-0.2, 0) is 6.54 Å². The fourth-order valence-corrected chi connectivity index (χ4v) is 1.70. The Bertz CT molecular complexity index is 593. The summed E-state index contributed by atoms with van der Waals surface area (Å²) in [5.74, 6) is 0.339. The molecule has 1 N–H and O–H groups in total. The van der Waals surface area contributed by atoms with Gasteiger partial charge in [0, 0.05) is 12.1 Å². The van der Waals surface area contributed by atoms with Crippen LogP contribution in [0.25, 0.3) is 0 Å². The molecule has 0 bridgehead atoms. The summed E-state index contributed by atoms with van der Waals surface area (Å²) in [6.07, 6.45) is 0. The third-order valence-electron chi connectivity index (χ3n) is 2.61. The molecule has 0 aliphatic heterocycles. The number of nitrogens with one attached hydrogen (secondary N) is 1. The number of halogens is 1. The lowest BCUT2D eigenvalue weighted by atomic mass is 10.2. The summed E-state index contributed by atoms with van der Waals surface area (Å²) in [6.45, 7) is 0.430. The highest BCUT2D eigenvalue weighted by atomic mass is 19.1. The fraction of sp³-hybridized carbons (Fsp3) is 0.133. The van der Waals surface area contributed by atoms with Crippen molar-refractivity contribution in [3.05, 3.63) is 59.9 Å². The van der Waals surface area contributed by atoms with Gasteiger partial charge < -0.3 is 10.1 Å². The van der Waals surface area contributed by atoms with E-state index in [-0.39, 0.29) is 12.4 Å². The van der Waals surface area contributed by atoms with Gasteiger partial charge in [-0.2, -0.15) is 5.26 Å². The highest BCUT2D eigenvalue weighted by Gasteiger charge is 2.04. The number of para-hydroxylation sites is 2. The summed E-state index contributed by atoms with van der Waals surface area (Å²) < 4.78 is 18.8. The first kappa shape index (κ1) is 12.9. The third-order valence-corrected chi connectivity index (χ3v) is 2.61. The van der Waals surface area contributed by atoms with Crippen LogP contribution in [-0.4, -0.2) is 6.61 Å². The summed E-state index contributed by atoms with van der Waals surface area (Å²) in [5, 5.41) is 11.5. The molecule has 0 aromatic heterocycles. The molecular formula is C15H13FN2O. The van der Waals surface area contributed by atoms with Gasteiger partial charge in [-0.1, -0.05) is 30.3 Å². The maximum absolute atomic E-state index is 13.5. The normalized spacial score (nSPS) is 9.68. The Hall–Kier alpha value is -2.54. The second-order valence-electron chi connectivity index (χ2n) is 3.89. The van der Waals surface area contributed by atoms with E-state index >= 15 is 0 Å². The standard InChI is InChI=1S/C15H13FN2O/c16-13-6-2-3-7-14(13)18-11-12-5-1-4-8-15(12)19-10-9-17/h1-8,18H,10-11H2. The summed E-state index contributed by atoms with van der Waals surface area (Å²) in [7, 11) is 0. The molecule has 3 nitrogen and oxygen atoms in total. The number of benzene rings is 2. The van der Waals surface area contributed by atoms with Crippen LogP contribution < -0.4 is 10.1 Å². The van der Waals surface area contributed by atoms with Crippen LogP contribution in [0.3, 0.4) is 0 Å². The molecule has 19 heavy (non-hydrogen) atoms. The van der Waals surface area contributed by atoms with E-state index in [4.69, 9.17) is 10.00 Å². The summed E-state index contributed by atoms with van der Waals surface area (Å²) >= 11 is 0. The molecule has 0 aliphatic carbocycles. The Kier molecular flexibility index (Phi) is 4.35. The molecule has 0 saturated carbocycles. The van der Waals surface area contributed by atoms with E-state index in [2.05, 4.69) is 5.32 Å². The lowest BCUT2D eigenvalue weighted by Crippen LogP contribution is -2.04. The molecule has 0 spiro atoms. The predicted octanol–water partition coefficient (Wildman–Crippen LogP) is 3.34. The Balaban J connectivity index is 2.07. The Morgan fingerprint density at radius 1 is 1.11 bits per heavy atom. The van der Waals surface area contributed by atoms with Gasteiger partial charge in [-0.15, -0.1) is 0 Å². The first-order chi connectivity index (χ1) is 9.31. The molecule has 0 amide bonds. The van der Waals surface area contributed by atoms with Crippen molar-refractivity contribution in [2.45, 2.75) is 6.54 Å². The number of anilines is 1. The zero-order valence-electron chi connectivity index (χ0n) is 10.3. The monoisotopic (exact) mass is 256 g/mol. The lowest BCUT2D eigenvalue weighted by molar-refractivity contribution is 0.364. The highest BCUT2D eigenvalue weighted by molar-refractivity contribution is 5.46. The van der Waals surface area contributed by atoms with E-state index in [9.17, 15) is 4.39 Å². The number of nitriles is 1. The molecule has 0 atom stereocenters. The van der Waals surface area contributed by atoms with Crippen LogP contribution in [0.2, 0.25) is 0 Å². The van der Waals surface area contributed by atoms with Gasteiger partial charge in [0.2, 0.25) is 0 Å². The van der Waals surface area contributed by atoms with Gasteiger partial charge in [0.1, 0.15) is 17.6 Å². The number of hydrogen-bond acceptors (Lipinski definition) is 3. The average molecular weight is 256 g/mol.